The van der Waals surface area contributed by atoms with Crippen molar-refractivity contribution in [3.05, 3.63) is 22.7 Å². The molecule has 0 aliphatic carbocycles. The zero-order valence-electron chi connectivity index (χ0n) is 11.0. The molecule has 20 heavy (non-hydrogen) atoms. The van der Waals surface area contributed by atoms with Crippen molar-refractivity contribution in [1.82, 2.24) is 10.6 Å². The van der Waals surface area contributed by atoms with E-state index in [9.17, 15) is 9.59 Å². The van der Waals surface area contributed by atoms with Crippen molar-refractivity contribution in [2.75, 3.05) is 19.0 Å². The summed E-state index contributed by atoms with van der Waals surface area (Å²) in [5.41, 5.74) is 0.538. The van der Waals surface area contributed by atoms with Crippen molar-refractivity contribution in [1.29, 1.82) is 0 Å². The van der Waals surface area contributed by atoms with Gasteiger partial charge in [-0.05, 0) is 31.0 Å². The van der Waals surface area contributed by atoms with Crippen LogP contribution in [0.25, 0.3) is 0 Å². The Morgan fingerprint density at radius 3 is 3.00 bits per heavy atom. The van der Waals surface area contributed by atoms with Crippen LogP contribution < -0.4 is 20.7 Å². The van der Waals surface area contributed by atoms with Crippen LogP contribution in [-0.2, 0) is 4.79 Å². The zero-order valence-corrected chi connectivity index (χ0v) is 12.6. The molecule has 1 atom stereocenters. The fraction of sp³-hybridized carbons (Fsp3) is 0.385. The largest absolute Gasteiger partial charge is 0.495 e. The Morgan fingerprint density at radius 2 is 2.30 bits per heavy atom. The van der Waals surface area contributed by atoms with E-state index in [4.69, 9.17) is 4.74 Å². The minimum Gasteiger partial charge on any atom is -0.495 e. The smallest absolute Gasteiger partial charge is 0.319 e. The number of carbonyl (C=O) groups excluding carboxylic acids is 2. The summed E-state index contributed by atoms with van der Waals surface area (Å²) in [4.78, 5) is 23.5. The molecule has 108 valence electrons. The van der Waals surface area contributed by atoms with Crippen LogP contribution >= 0.6 is 15.9 Å². The number of halogens is 1. The van der Waals surface area contributed by atoms with Crippen LogP contribution in [0.4, 0.5) is 10.5 Å². The van der Waals surface area contributed by atoms with Crippen LogP contribution in [-0.4, -0.2) is 31.6 Å². The third-order valence-electron chi connectivity index (χ3n) is 3.00. The summed E-state index contributed by atoms with van der Waals surface area (Å²) in [6, 6.07) is 4.38. The fourth-order valence-electron chi connectivity index (χ4n) is 2.00. The first-order chi connectivity index (χ1) is 9.60. The van der Waals surface area contributed by atoms with Gasteiger partial charge < -0.3 is 20.7 Å². The van der Waals surface area contributed by atoms with E-state index in [1.807, 2.05) is 6.07 Å². The van der Waals surface area contributed by atoms with Gasteiger partial charge in [-0.25, -0.2) is 4.79 Å². The van der Waals surface area contributed by atoms with Crippen LogP contribution in [0.5, 0.6) is 5.75 Å². The number of urea groups is 1. The van der Waals surface area contributed by atoms with Crippen LogP contribution in [0.2, 0.25) is 0 Å². The van der Waals surface area contributed by atoms with E-state index < -0.39 is 12.1 Å². The molecule has 1 aromatic rings. The molecule has 0 unspecified atom stereocenters. The van der Waals surface area contributed by atoms with Gasteiger partial charge in [0.2, 0.25) is 5.91 Å². The van der Waals surface area contributed by atoms with E-state index in [1.165, 1.54) is 7.11 Å². The van der Waals surface area contributed by atoms with Gasteiger partial charge in [-0.3, -0.25) is 4.79 Å². The summed E-state index contributed by atoms with van der Waals surface area (Å²) in [6.07, 6.45) is 1.51. The Hall–Kier alpha value is -1.76. The molecule has 0 radical (unpaired) electrons. The van der Waals surface area contributed by atoms with Crippen molar-refractivity contribution in [3.63, 3.8) is 0 Å². The third kappa shape index (κ3) is 3.63. The average molecular weight is 342 g/mol. The number of anilines is 1. The molecule has 6 nitrogen and oxygen atoms in total. The highest BCUT2D eigenvalue weighted by molar-refractivity contribution is 9.10. The molecular weight excluding hydrogens is 326 g/mol. The van der Waals surface area contributed by atoms with Crippen LogP contribution in [0, 0.1) is 0 Å². The molecule has 3 N–H and O–H groups in total. The van der Waals surface area contributed by atoms with Crippen LogP contribution in [0.1, 0.15) is 12.8 Å². The van der Waals surface area contributed by atoms with Gasteiger partial charge in [0.05, 0.1) is 12.8 Å². The standard InChI is InChI=1S/C13H16BrN3O3/c1-20-11-5-4-8(14)7-10(11)17-13(19)16-9-3-2-6-15-12(9)18/h4-5,7,9H,2-3,6H2,1H3,(H,15,18)(H2,16,17,19)/t9-/m0/s1. The van der Waals surface area contributed by atoms with Gasteiger partial charge in [-0.2, -0.15) is 0 Å². The summed E-state index contributed by atoms with van der Waals surface area (Å²) in [7, 11) is 1.53. The molecule has 0 aromatic heterocycles. The van der Waals surface area contributed by atoms with Gasteiger partial charge >= 0.3 is 6.03 Å². The van der Waals surface area contributed by atoms with Crippen molar-refractivity contribution in [2.45, 2.75) is 18.9 Å². The molecule has 1 aromatic carbocycles. The van der Waals surface area contributed by atoms with E-state index in [1.54, 1.807) is 12.1 Å². The first-order valence-corrected chi connectivity index (χ1v) is 7.08. The number of methoxy groups -OCH3 is 1. The molecule has 0 bridgehead atoms. The fourth-order valence-corrected chi connectivity index (χ4v) is 2.37. The molecular formula is C13H16BrN3O3. The summed E-state index contributed by atoms with van der Waals surface area (Å²) >= 11 is 3.33. The van der Waals surface area contributed by atoms with E-state index >= 15 is 0 Å². The first kappa shape index (κ1) is 14.6. The first-order valence-electron chi connectivity index (χ1n) is 6.29. The summed E-state index contributed by atoms with van der Waals surface area (Å²) in [6.45, 7) is 0.665. The van der Waals surface area contributed by atoms with Gasteiger partial charge in [0.25, 0.3) is 0 Å². The second-order valence-corrected chi connectivity index (χ2v) is 5.34. The third-order valence-corrected chi connectivity index (χ3v) is 3.49. The second-order valence-electron chi connectivity index (χ2n) is 4.43. The summed E-state index contributed by atoms with van der Waals surface area (Å²) in [5, 5.41) is 8.06. The molecule has 3 amide bonds. The lowest BCUT2D eigenvalue weighted by Crippen LogP contribution is -2.51. The molecule has 0 spiro atoms. The lowest BCUT2D eigenvalue weighted by Gasteiger charge is -2.23. The number of ether oxygens (including phenoxy) is 1. The van der Waals surface area contributed by atoms with E-state index in [-0.39, 0.29) is 5.91 Å². The number of nitrogens with one attached hydrogen (secondary N) is 3. The number of benzene rings is 1. The maximum absolute atomic E-state index is 11.9. The van der Waals surface area contributed by atoms with Crippen molar-refractivity contribution >= 4 is 33.6 Å². The number of piperidine rings is 1. The Kier molecular flexibility index (Phi) is 4.84. The highest BCUT2D eigenvalue weighted by Gasteiger charge is 2.23. The predicted molar refractivity (Wildman–Crippen MR) is 78.9 cm³/mol. The average Bonchev–Trinajstić information content (AvgIpc) is 2.41. The number of hydrogen-bond acceptors (Lipinski definition) is 3. The monoisotopic (exact) mass is 341 g/mol. The normalized spacial score (nSPS) is 18.1. The van der Waals surface area contributed by atoms with E-state index in [0.717, 1.165) is 10.9 Å². The maximum Gasteiger partial charge on any atom is 0.319 e. The lowest BCUT2D eigenvalue weighted by molar-refractivity contribution is -0.124. The second kappa shape index (κ2) is 6.60. The highest BCUT2D eigenvalue weighted by Crippen LogP contribution is 2.27. The molecule has 1 aliphatic heterocycles. The van der Waals surface area contributed by atoms with Crippen molar-refractivity contribution in [2.24, 2.45) is 0 Å². The van der Waals surface area contributed by atoms with Gasteiger partial charge in [-0.15, -0.1) is 0 Å². The Morgan fingerprint density at radius 1 is 1.50 bits per heavy atom. The minimum absolute atomic E-state index is 0.146. The van der Waals surface area contributed by atoms with Crippen LogP contribution in [0.3, 0.4) is 0 Å². The molecule has 0 saturated carbocycles. The summed E-state index contributed by atoms with van der Waals surface area (Å²) < 4.78 is 5.99. The van der Waals surface area contributed by atoms with Crippen LogP contribution in [0.15, 0.2) is 22.7 Å². The Bertz CT molecular complexity index is 522. The molecule has 1 saturated heterocycles. The van der Waals surface area contributed by atoms with Gasteiger partial charge in [0, 0.05) is 11.0 Å². The molecule has 2 rings (SSSR count). The number of hydrogen-bond donors (Lipinski definition) is 3. The Balaban J connectivity index is 2.00. The molecule has 7 heteroatoms. The number of rotatable bonds is 3. The highest BCUT2D eigenvalue weighted by atomic mass is 79.9. The Labute approximate surface area is 125 Å². The zero-order chi connectivity index (χ0) is 14.5. The lowest BCUT2D eigenvalue weighted by atomic mass is 10.1. The molecule has 1 heterocycles. The quantitative estimate of drug-likeness (QED) is 0.785. The van der Waals surface area contributed by atoms with E-state index in [2.05, 4.69) is 31.9 Å². The topological polar surface area (TPSA) is 79.5 Å². The van der Waals surface area contributed by atoms with Gasteiger partial charge in [-0.1, -0.05) is 15.9 Å². The van der Waals surface area contributed by atoms with Crippen molar-refractivity contribution < 1.29 is 14.3 Å². The number of carbonyl (C=O) groups is 2. The van der Waals surface area contributed by atoms with Gasteiger partial charge in [0.1, 0.15) is 11.8 Å². The molecule has 1 aliphatic rings. The predicted octanol–water partition coefficient (Wildman–Crippen LogP) is 1.86. The van der Waals surface area contributed by atoms with Gasteiger partial charge in [0.15, 0.2) is 0 Å². The van der Waals surface area contributed by atoms with Crippen molar-refractivity contribution in [3.8, 4) is 5.75 Å². The molecule has 1 fully saturated rings. The SMILES string of the molecule is COc1ccc(Br)cc1NC(=O)N[C@H]1CCCNC1=O. The number of amides is 3. The summed E-state index contributed by atoms with van der Waals surface area (Å²) in [5.74, 6) is 0.407. The minimum atomic E-state index is -0.484. The van der Waals surface area contributed by atoms with E-state index in [0.29, 0.717) is 24.4 Å². The maximum atomic E-state index is 11.9.